The Morgan fingerprint density at radius 3 is 2.44 bits per heavy atom. The zero-order chi connectivity index (χ0) is 13.9. The predicted octanol–water partition coefficient (Wildman–Crippen LogP) is 0.339. The fraction of sp³-hybridized carbons (Fsp3) is 0.333. The van der Waals surface area contributed by atoms with Crippen molar-refractivity contribution in [2.24, 2.45) is 11.1 Å². The van der Waals surface area contributed by atoms with Gasteiger partial charge in [0.1, 0.15) is 11.5 Å². The summed E-state index contributed by atoms with van der Waals surface area (Å²) >= 11 is 0. The van der Waals surface area contributed by atoms with E-state index in [0.29, 0.717) is 0 Å². The molecule has 0 saturated carbocycles. The van der Waals surface area contributed by atoms with Crippen molar-refractivity contribution in [2.75, 3.05) is 6.54 Å². The molecule has 0 spiro atoms. The van der Waals surface area contributed by atoms with Crippen LogP contribution in [0.3, 0.4) is 0 Å². The maximum Gasteiger partial charge on any atom is 0.255 e. The minimum Gasteiger partial charge on any atom is -0.508 e. The number of nitrogens with one attached hydrogen (secondary N) is 1. The molecule has 1 rings (SSSR count). The van der Waals surface area contributed by atoms with Crippen molar-refractivity contribution in [3.05, 3.63) is 23.8 Å². The molecule has 0 saturated heterocycles. The number of carbonyl (C=O) groups excluding carboxylic acids is 2. The highest BCUT2D eigenvalue weighted by atomic mass is 16.3. The highest BCUT2D eigenvalue weighted by molar-refractivity contribution is 5.97. The van der Waals surface area contributed by atoms with E-state index in [1.54, 1.807) is 13.8 Å². The first-order valence-corrected chi connectivity index (χ1v) is 5.34. The van der Waals surface area contributed by atoms with Crippen LogP contribution in [0.15, 0.2) is 18.2 Å². The minimum absolute atomic E-state index is 0.0214. The summed E-state index contributed by atoms with van der Waals surface area (Å²) in [5.41, 5.74) is 4.32. The van der Waals surface area contributed by atoms with Gasteiger partial charge in [-0.3, -0.25) is 9.59 Å². The smallest absolute Gasteiger partial charge is 0.255 e. The quantitative estimate of drug-likeness (QED) is 0.618. The highest BCUT2D eigenvalue weighted by Gasteiger charge is 2.26. The maximum atomic E-state index is 11.7. The largest absolute Gasteiger partial charge is 0.508 e. The number of carbonyl (C=O) groups is 2. The van der Waals surface area contributed by atoms with Gasteiger partial charge >= 0.3 is 0 Å². The van der Waals surface area contributed by atoms with Crippen molar-refractivity contribution in [2.45, 2.75) is 13.8 Å². The van der Waals surface area contributed by atoms with Crippen LogP contribution in [0.4, 0.5) is 0 Å². The predicted molar refractivity (Wildman–Crippen MR) is 65.1 cm³/mol. The van der Waals surface area contributed by atoms with Crippen LogP contribution in [0.1, 0.15) is 24.2 Å². The lowest BCUT2D eigenvalue weighted by Gasteiger charge is -2.20. The Morgan fingerprint density at radius 2 is 1.94 bits per heavy atom. The van der Waals surface area contributed by atoms with E-state index in [4.69, 9.17) is 10.8 Å². The van der Waals surface area contributed by atoms with E-state index >= 15 is 0 Å². The lowest BCUT2D eigenvalue weighted by atomic mass is 9.92. The summed E-state index contributed by atoms with van der Waals surface area (Å²) < 4.78 is 0. The van der Waals surface area contributed by atoms with E-state index in [-0.39, 0.29) is 23.6 Å². The summed E-state index contributed by atoms with van der Waals surface area (Å²) in [5.74, 6) is -1.54. The monoisotopic (exact) mass is 252 g/mol. The molecule has 0 unspecified atom stereocenters. The van der Waals surface area contributed by atoms with E-state index < -0.39 is 17.2 Å². The molecule has 0 aliphatic carbocycles. The van der Waals surface area contributed by atoms with E-state index in [1.807, 2.05) is 0 Å². The molecule has 0 aliphatic heterocycles. The molecule has 0 heterocycles. The van der Waals surface area contributed by atoms with Crippen LogP contribution in [0.5, 0.6) is 11.5 Å². The Kier molecular flexibility index (Phi) is 3.80. The molecule has 2 amide bonds. The first-order valence-electron chi connectivity index (χ1n) is 5.34. The van der Waals surface area contributed by atoms with Crippen LogP contribution in [-0.4, -0.2) is 28.6 Å². The number of amides is 2. The summed E-state index contributed by atoms with van der Waals surface area (Å²) in [6, 6.07) is 3.64. The second-order valence-electron chi connectivity index (χ2n) is 4.63. The van der Waals surface area contributed by atoms with Crippen molar-refractivity contribution in [3.8, 4) is 11.5 Å². The normalized spacial score (nSPS) is 11.0. The summed E-state index contributed by atoms with van der Waals surface area (Å²) in [7, 11) is 0. The van der Waals surface area contributed by atoms with Gasteiger partial charge in [-0.15, -0.1) is 0 Å². The molecule has 6 heteroatoms. The lowest BCUT2D eigenvalue weighted by Crippen LogP contribution is -2.42. The standard InChI is InChI=1S/C12H16N2O4/c1-12(2,11(13)18)6-14-10(17)8-4-3-7(15)5-9(8)16/h3-5,15-16H,6H2,1-2H3,(H2,13,18)(H,14,17). The molecule has 0 aliphatic rings. The third-order valence-corrected chi connectivity index (χ3v) is 2.58. The zero-order valence-corrected chi connectivity index (χ0v) is 10.2. The van der Waals surface area contributed by atoms with Gasteiger partial charge in [0.2, 0.25) is 5.91 Å². The number of hydrogen-bond donors (Lipinski definition) is 4. The molecular formula is C12H16N2O4. The van der Waals surface area contributed by atoms with E-state index in [0.717, 1.165) is 6.07 Å². The molecule has 18 heavy (non-hydrogen) atoms. The van der Waals surface area contributed by atoms with E-state index in [9.17, 15) is 14.7 Å². The minimum atomic E-state index is -0.873. The molecular weight excluding hydrogens is 236 g/mol. The van der Waals surface area contributed by atoms with E-state index in [2.05, 4.69) is 5.32 Å². The van der Waals surface area contributed by atoms with Gasteiger partial charge in [-0.25, -0.2) is 0 Å². The van der Waals surface area contributed by atoms with Crippen molar-refractivity contribution < 1.29 is 19.8 Å². The van der Waals surface area contributed by atoms with Gasteiger partial charge < -0.3 is 21.3 Å². The fourth-order valence-corrected chi connectivity index (χ4v) is 1.20. The van der Waals surface area contributed by atoms with Crippen LogP contribution in [-0.2, 0) is 4.79 Å². The van der Waals surface area contributed by atoms with Crippen LogP contribution in [0.2, 0.25) is 0 Å². The second-order valence-corrected chi connectivity index (χ2v) is 4.63. The third kappa shape index (κ3) is 3.13. The summed E-state index contributed by atoms with van der Waals surface area (Å²) in [6.45, 7) is 3.26. The van der Waals surface area contributed by atoms with Gasteiger partial charge in [0.05, 0.1) is 11.0 Å². The first-order chi connectivity index (χ1) is 8.24. The zero-order valence-electron chi connectivity index (χ0n) is 10.2. The summed E-state index contributed by atoms with van der Waals surface area (Å²) in [5, 5.41) is 21.1. The SMILES string of the molecule is CC(C)(CNC(=O)c1ccc(O)cc1O)C(N)=O. The average molecular weight is 252 g/mol. The van der Waals surface area contributed by atoms with Crippen LogP contribution < -0.4 is 11.1 Å². The molecule has 0 radical (unpaired) electrons. The first kappa shape index (κ1) is 13.8. The second kappa shape index (κ2) is 4.95. The van der Waals surface area contributed by atoms with Gasteiger partial charge in [0.25, 0.3) is 5.91 Å². The number of phenols is 2. The molecule has 0 aromatic heterocycles. The molecule has 5 N–H and O–H groups in total. The van der Waals surface area contributed by atoms with Gasteiger partial charge in [-0.1, -0.05) is 0 Å². The number of phenolic OH excluding ortho intramolecular Hbond substituents is 2. The Bertz CT molecular complexity index is 483. The average Bonchev–Trinajstić information content (AvgIpc) is 2.25. The number of aromatic hydroxyl groups is 2. The van der Waals surface area contributed by atoms with Crippen molar-refractivity contribution in [1.82, 2.24) is 5.32 Å². The fourth-order valence-electron chi connectivity index (χ4n) is 1.20. The molecule has 0 atom stereocenters. The van der Waals surface area contributed by atoms with E-state index in [1.165, 1.54) is 12.1 Å². The topological polar surface area (TPSA) is 113 Å². The Morgan fingerprint density at radius 1 is 1.33 bits per heavy atom. The maximum absolute atomic E-state index is 11.7. The van der Waals surface area contributed by atoms with Crippen LogP contribution >= 0.6 is 0 Å². The molecule has 0 bridgehead atoms. The van der Waals surface area contributed by atoms with Gasteiger partial charge in [0, 0.05) is 12.6 Å². The molecule has 1 aromatic carbocycles. The number of hydrogen-bond acceptors (Lipinski definition) is 4. The molecule has 0 fully saturated rings. The number of rotatable bonds is 4. The molecule has 6 nitrogen and oxygen atoms in total. The Hall–Kier alpha value is -2.24. The number of primary amides is 1. The number of benzene rings is 1. The van der Waals surface area contributed by atoms with Gasteiger partial charge in [-0.05, 0) is 26.0 Å². The molecule has 1 aromatic rings. The van der Waals surface area contributed by atoms with Crippen LogP contribution in [0, 0.1) is 5.41 Å². The van der Waals surface area contributed by atoms with Gasteiger partial charge in [-0.2, -0.15) is 0 Å². The molecule has 98 valence electrons. The van der Waals surface area contributed by atoms with Crippen LogP contribution in [0.25, 0.3) is 0 Å². The summed E-state index contributed by atoms with van der Waals surface area (Å²) in [6.07, 6.45) is 0. The number of nitrogens with two attached hydrogens (primary N) is 1. The Balaban J connectivity index is 2.75. The van der Waals surface area contributed by atoms with Crippen molar-refractivity contribution >= 4 is 11.8 Å². The van der Waals surface area contributed by atoms with Gasteiger partial charge in [0.15, 0.2) is 0 Å². The van der Waals surface area contributed by atoms with Crippen molar-refractivity contribution in [1.29, 1.82) is 0 Å². The Labute approximate surface area is 104 Å². The highest BCUT2D eigenvalue weighted by Crippen LogP contribution is 2.22. The lowest BCUT2D eigenvalue weighted by molar-refractivity contribution is -0.125. The third-order valence-electron chi connectivity index (χ3n) is 2.58. The summed E-state index contributed by atoms with van der Waals surface area (Å²) in [4.78, 5) is 22.8. The van der Waals surface area contributed by atoms with Crippen molar-refractivity contribution in [3.63, 3.8) is 0 Å².